The van der Waals surface area contributed by atoms with Crippen LogP contribution in [0.5, 0.6) is 5.75 Å². The molecule has 0 aliphatic carbocycles. The van der Waals surface area contributed by atoms with Crippen molar-refractivity contribution in [1.29, 1.82) is 0 Å². The third-order valence-electron chi connectivity index (χ3n) is 4.85. The number of rotatable bonds is 9. The molecule has 7 nitrogen and oxygen atoms in total. The smallest absolute Gasteiger partial charge is 0.320 e. The van der Waals surface area contributed by atoms with Crippen molar-refractivity contribution in [3.63, 3.8) is 0 Å². The molecule has 182 valence electrons. The maximum absolute atomic E-state index is 10.5. The van der Waals surface area contributed by atoms with E-state index in [1.807, 2.05) is 66.7 Å². The number of hydrogen-bond acceptors (Lipinski definition) is 6. The van der Waals surface area contributed by atoms with Gasteiger partial charge in [0.1, 0.15) is 18.1 Å². The molecule has 0 aliphatic heterocycles. The fourth-order valence-corrected chi connectivity index (χ4v) is 2.89. The highest BCUT2D eigenvalue weighted by Gasteiger charge is 2.09. The third kappa shape index (κ3) is 10.9. The molecule has 0 fully saturated rings. The molecule has 3 aromatic carbocycles. The molecule has 1 atom stereocenters. The molecular formula is C27H35N3O4. The van der Waals surface area contributed by atoms with Crippen LogP contribution in [0, 0.1) is 0 Å². The highest BCUT2D eigenvalue weighted by Crippen LogP contribution is 2.18. The third-order valence-corrected chi connectivity index (χ3v) is 4.85. The van der Waals surface area contributed by atoms with Crippen LogP contribution in [0.4, 0.5) is 0 Å². The van der Waals surface area contributed by atoms with Crippen molar-refractivity contribution >= 4 is 12.3 Å². The van der Waals surface area contributed by atoms with E-state index >= 15 is 0 Å². The first-order valence-corrected chi connectivity index (χ1v) is 11.1. The average molecular weight is 466 g/mol. The highest BCUT2D eigenvalue weighted by atomic mass is 16.5. The Morgan fingerprint density at radius 3 is 2.00 bits per heavy atom. The van der Waals surface area contributed by atoms with Crippen molar-refractivity contribution in [2.75, 3.05) is 13.7 Å². The molecule has 7 N–H and O–H groups in total. The quantitative estimate of drug-likeness (QED) is 0.278. The molecule has 0 aliphatic rings. The van der Waals surface area contributed by atoms with Gasteiger partial charge < -0.3 is 27.0 Å². The van der Waals surface area contributed by atoms with Crippen molar-refractivity contribution in [2.24, 2.45) is 17.2 Å². The lowest BCUT2D eigenvalue weighted by Crippen LogP contribution is -2.29. The number of benzene rings is 3. The summed E-state index contributed by atoms with van der Waals surface area (Å²) in [4.78, 5) is 20.6. The van der Waals surface area contributed by atoms with Crippen molar-refractivity contribution in [1.82, 2.24) is 0 Å². The normalized spacial score (nSPS) is 10.6. The van der Waals surface area contributed by atoms with E-state index in [-0.39, 0.29) is 0 Å². The molecular weight excluding hydrogens is 430 g/mol. The van der Waals surface area contributed by atoms with Crippen LogP contribution >= 0.6 is 0 Å². The van der Waals surface area contributed by atoms with Gasteiger partial charge in [-0.15, -0.1) is 0 Å². The van der Waals surface area contributed by atoms with E-state index in [4.69, 9.17) is 27.0 Å². The number of hydrogen-bond donors (Lipinski definition) is 4. The summed E-state index contributed by atoms with van der Waals surface area (Å²) in [7, 11) is 1.65. The van der Waals surface area contributed by atoms with Gasteiger partial charge >= 0.3 is 5.97 Å². The molecule has 0 bridgehead atoms. The maximum atomic E-state index is 10.5. The number of nitrogens with two attached hydrogens (primary N) is 3. The Bertz CT molecular complexity index is 940. The summed E-state index contributed by atoms with van der Waals surface area (Å²) in [6.07, 6.45) is 3.02. The zero-order valence-corrected chi connectivity index (χ0v) is 19.6. The molecule has 34 heavy (non-hydrogen) atoms. The average Bonchev–Trinajstić information content (AvgIpc) is 2.90. The largest absolute Gasteiger partial charge is 0.496 e. The van der Waals surface area contributed by atoms with Gasteiger partial charge in [0.15, 0.2) is 0 Å². The number of unbranched alkanes of at least 4 members (excludes halogenated alkanes) is 1. The molecule has 0 radical (unpaired) electrons. The van der Waals surface area contributed by atoms with Gasteiger partial charge in [-0.1, -0.05) is 79.2 Å². The van der Waals surface area contributed by atoms with Crippen molar-refractivity contribution in [2.45, 2.75) is 31.8 Å². The van der Waals surface area contributed by atoms with Crippen LogP contribution in [0.1, 0.15) is 35.2 Å². The Hall–Kier alpha value is -3.52. The Balaban J connectivity index is 0.000000262. The lowest BCUT2D eigenvalue weighted by Gasteiger charge is -2.03. The molecule has 0 heterocycles. The standard InChI is InChI=1S/C13H10O.C8H11NO.C6H14N2O2/c14-10-11-6-8-13(9-7-11)12-4-2-1-3-5-12;1-10-8-5-3-2-4-7(8)6-9;7-4-2-1-3-5(8)6(9)10/h1-10H;2-5H,6,9H2,1H3;5H,1-4,7-8H2,(H,9,10)/t;;5-/m..0/s1. The SMILES string of the molecule is COc1ccccc1CN.NCCCC[C@H](N)C(=O)O.O=Cc1ccc(-c2ccccc2)cc1. The number of aldehydes is 1. The Morgan fingerprint density at radius 2 is 1.50 bits per heavy atom. The van der Waals surface area contributed by atoms with Crippen LogP contribution in [0.2, 0.25) is 0 Å². The van der Waals surface area contributed by atoms with Crippen LogP contribution in [-0.2, 0) is 11.3 Å². The van der Waals surface area contributed by atoms with E-state index in [9.17, 15) is 9.59 Å². The van der Waals surface area contributed by atoms with Crippen LogP contribution < -0.4 is 21.9 Å². The second-order valence-electron chi connectivity index (χ2n) is 7.35. The minimum absolute atomic E-state index is 0.520. The summed E-state index contributed by atoms with van der Waals surface area (Å²) in [6.45, 7) is 1.14. The predicted octanol–water partition coefficient (Wildman–Crippen LogP) is 3.85. The van der Waals surface area contributed by atoms with E-state index in [2.05, 4.69) is 12.1 Å². The minimum Gasteiger partial charge on any atom is -0.496 e. The van der Waals surface area contributed by atoms with Gasteiger partial charge in [-0.3, -0.25) is 9.59 Å². The van der Waals surface area contributed by atoms with Gasteiger partial charge in [-0.05, 0) is 36.6 Å². The topological polar surface area (TPSA) is 142 Å². The summed E-state index contributed by atoms with van der Waals surface area (Å²) < 4.78 is 5.06. The zero-order chi connectivity index (χ0) is 25.2. The predicted molar refractivity (Wildman–Crippen MR) is 137 cm³/mol. The van der Waals surface area contributed by atoms with E-state index in [0.717, 1.165) is 36.0 Å². The zero-order valence-electron chi connectivity index (χ0n) is 19.6. The number of para-hydroxylation sites is 1. The number of carboxylic acid groups (broad SMARTS) is 1. The number of methoxy groups -OCH3 is 1. The van der Waals surface area contributed by atoms with Gasteiger partial charge in [0.05, 0.1) is 7.11 Å². The second kappa shape index (κ2) is 17.0. The minimum atomic E-state index is -0.933. The van der Waals surface area contributed by atoms with Gasteiger partial charge in [0.2, 0.25) is 0 Å². The molecule has 7 heteroatoms. The lowest BCUT2D eigenvalue weighted by molar-refractivity contribution is -0.138. The molecule has 0 saturated heterocycles. The summed E-state index contributed by atoms with van der Waals surface area (Å²) in [5.74, 6) is -0.0676. The number of ether oxygens (including phenoxy) is 1. The Kier molecular flexibility index (Phi) is 14.3. The van der Waals surface area contributed by atoms with Crippen molar-refractivity contribution < 1.29 is 19.4 Å². The van der Waals surface area contributed by atoms with Gasteiger partial charge in [-0.25, -0.2) is 0 Å². The summed E-state index contributed by atoms with van der Waals surface area (Å²) in [5.41, 5.74) is 19.9. The van der Waals surface area contributed by atoms with E-state index < -0.39 is 12.0 Å². The highest BCUT2D eigenvalue weighted by molar-refractivity contribution is 5.76. The second-order valence-corrected chi connectivity index (χ2v) is 7.35. The number of carboxylic acids is 1. The molecule has 0 aromatic heterocycles. The molecule has 3 aromatic rings. The maximum Gasteiger partial charge on any atom is 0.320 e. The first-order valence-electron chi connectivity index (χ1n) is 11.1. The van der Waals surface area contributed by atoms with Crippen LogP contribution in [0.3, 0.4) is 0 Å². The van der Waals surface area contributed by atoms with Gasteiger partial charge in [0, 0.05) is 17.7 Å². The monoisotopic (exact) mass is 465 g/mol. The first kappa shape index (κ1) is 28.5. The molecule has 0 amide bonds. The summed E-state index contributed by atoms with van der Waals surface area (Å²) >= 11 is 0. The van der Waals surface area contributed by atoms with E-state index in [0.29, 0.717) is 25.1 Å². The first-order chi connectivity index (χ1) is 16.5. The van der Waals surface area contributed by atoms with Crippen molar-refractivity contribution in [3.8, 4) is 16.9 Å². The van der Waals surface area contributed by atoms with Gasteiger partial charge in [0.25, 0.3) is 0 Å². The fourth-order valence-electron chi connectivity index (χ4n) is 2.89. The fraction of sp³-hybridized carbons (Fsp3) is 0.259. The van der Waals surface area contributed by atoms with Crippen LogP contribution in [0.15, 0.2) is 78.9 Å². The van der Waals surface area contributed by atoms with Crippen molar-refractivity contribution in [3.05, 3.63) is 90.0 Å². The summed E-state index contributed by atoms with van der Waals surface area (Å²) in [5, 5.41) is 8.33. The van der Waals surface area contributed by atoms with Gasteiger partial charge in [-0.2, -0.15) is 0 Å². The van der Waals surface area contributed by atoms with Crippen LogP contribution in [-0.4, -0.2) is 37.1 Å². The van der Waals surface area contributed by atoms with E-state index in [1.54, 1.807) is 7.11 Å². The lowest BCUT2D eigenvalue weighted by atomic mass is 10.0. The Labute approximate surface area is 201 Å². The number of carbonyl (C=O) groups is 2. The number of aliphatic carboxylic acids is 1. The number of carbonyl (C=O) groups excluding carboxylic acids is 1. The molecule has 0 unspecified atom stereocenters. The van der Waals surface area contributed by atoms with Crippen LogP contribution in [0.25, 0.3) is 11.1 Å². The molecule has 0 spiro atoms. The summed E-state index contributed by atoms with van der Waals surface area (Å²) in [6, 6.07) is 24.7. The Morgan fingerprint density at radius 1 is 0.912 bits per heavy atom. The van der Waals surface area contributed by atoms with E-state index in [1.165, 1.54) is 5.56 Å². The molecule has 3 rings (SSSR count). The molecule has 0 saturated carbocycles.